The molecule has 1 saturated heterocycles. The number of carboxylic acid groups (broad SMARTS) is 1. The Bertz CT molecular complexity index is 478. The predicted molar refractivity (Wildman–Crippen MR) is 89.7 cm³/mol. The zero-order valence-corrected chi connectivity index (χ0v) is 14.2. The van der Waals surface area contributed by atoms with Crippen LogP contribution in [0.5, 0.6) is 0 Å². The molecule has 1 aromatic rings. The monoisotopic (exact) mass is 338 g/mol. The number of hydrogen-bond donors (Lipinski definition) is 3. The van der Waals surface area contributed by atoms with Crippen LogP contribution in [0.2, 0.25) is 0 Å². The first-order valence-electron chi connectivity index (χ1n) is 7.99. The molecule has 134 valence electrons. The first-order valence-corrected chi connectivity index (χ1v) is 7.99. The molecule has 1 atom stereocenters. The van der Waals surface area contributed by atoms with Crippen LogP contribution in [0, 0.1) is 5.92 Å². The quantitative estimate of drug-likeness (QED) is 0.755. The molecule has 7 nitrogen and oxygen atoms in total. The maximum atomic E-state index is 11.4. The summed E-state index contributed by atoms with van der Waals surface area (Å²) in [5.74, 6) is -1.27. The lowest BCUT2D eigenvalue weighted by Gasteiger charge is -2.17. The summed E-state index contributed by atoms with van der Waals surface area (Å²) in [6.07, 6.45) is -0.722. The average Bonchev–Trinajstić information content (AvgIpc) is 2.60. The Kier molecular flexibility index (Phi) is 9.48. The number of nitrogens with one attached hydrogen (secondary N) is 2. The van der Waals surface area contributed by atoms with E-state index in [-0.39, 0.29) is 12.5 Å². The molecule has 0 spiro atoms. The van der Waals surface area contributed by atoms with Crippen LogP contribution < -0.4 is 10.6 Å². The number of ether oxygens (including phenoxy) is 2. The summed E-state index contributed by atoms with van der Waals surface area (Å²) in [6.45, 7) is 7.39. The van der Waals surface area contributed by atoms with E-state index in [1.807, 2.05) is 30.3 Å². The van der Waals surface area contributed by atoms with Crippen LogP contribution in [-0.2, 0) is 20.9 Å². The lowest BCUT2D eigenvalue weighted by molar-refractivity contribution is -0.140. The van der Waals surface area contributed by atoms with Gasteiger partial charge in [-0.1, -0.05) is 44.2 Å². The van der Waals surface area contributed by atoms with E-state index < -0.39 is 18.1 Å². The second-order valence-electron chi connectivity index (χ2n) is 5.63. The van der Waals surface area contributed by atoms with Gasteiger partial charge in [0.15, 0.2) is 0 Å². The first kappa shape index (κ1) is 19.9. The number of carbonyl (C=O) groups excluding carboxylic acids is 1. The number of carbonyl (C=O) groups is 2. The molecule has 0 aromatic heterocycles. The molecule has 0 saturated carbocycles. The minimum absolute atomic E-state index is 0.122. The van der Waals surface area contributed by atoms with Crippen molar-refractivity contribution in [3.05, 3.63) is 35.9 Å². The second kappa shape index (κ2) is 11.4. The van der Waals surface area contributed by atoms with Gasteiger partial charge in [-0.3, -0.25) is 0 Å². The van der Waals surface area contributed by atoms with Crippen molar-refractivity contribution >= 4 is 12.1 Å². The molecule has 0 radical (unpaired) electrons. The summed E-state index contributed by atoms with van der Waals surface area (Å²) in [5.41, 5.74) is 0.851. The number of amides is 1. The number of alkyl carbamates (subject to hydrolysis) is 1. The van der Waals surface area contributed by atoms with E-state index in [1.165, 1.54) is 0 Å². The molecule has 1 aliphatic heterocycles. The maximum Gasteiger partial charge on any atom is 0.408 e. The van der Waals surface area contributed by atoms with Gasteiger partial charge in [0.25, 0.3) is 0 Å². The van der Waals surface area contributed by atoms with Crippen molar-refractivity contribution in [2.45, 2.75) is 26.5 Å². The van der Waals surface area contributed by atoms with Crippen molar-refractivity contribution in [2.75, 3.05) is 26.3 Å². The largest absolute Gasteiger partial charge is 0.480 e. The molecule has 24 heavy (non-hydrogen) atoms. The molecular formula is C17H26N2O5. The van der Waals surface area contributed by atoms with Crippen molar-refractivity contribution in [3.63, 3.8) is 0 Å². The van der Waals surface area contributed by atoms with Crippen LogP contribution in [0.15, 0.2) is 30.3 Å². The third-order valence-electron chi connectivity index (χ3n) is 3.27. The van der Waals surface area contributed by atoms with Crippen LogP contribution >= 0.6 is 0 Å². The summed E-state index contributed by atoms with van der Waals surface area (Å²) >= 11 is 0. The van der Waals surface area contributed by atoms with Gasteiger partial charge >= 0.3 is 12.1 Å². The fourth-order valence-electron chi connectivity index (χ4n) is 1.92. The van der Waals surface area contributed by atoms with E-state index in [2.05, 4.69) is 10.6 Å². The summed E-state index contributed by atoms with van der Waals surface area (Å²) < 4.78 is 9.95. The molecule has 2 rings (SSSR count). The predicted octanol–water partition coefficient (Wildman–Crippen LogP) is 1.63. The first-order chi connectivity index (χ1) is 11.5. The van der Waals surface area contributed by atoms with Crippen molar-refractivity contribution in [3.8, 4) is 0 Å². The molecule has 1 aliphatic rings. The van der Waals surface area contributed by atoms with E-state index in [0.29, 0.717) is 0 Å². The Hall–Kier alpha value is -2.12. The zero-order valence-electron chi connectivity index (χ0n) is 14.2. The van der Waals surface area contributed by atoms with Crippen LogP contribution in [-0.4, -0.2) is 49.5 Å². The SMILES string of the molecule is C1COCCN1.CC(C)[C@H](NC(=O)OCc1ccccc1)C(=O)O. The molecule has 1 aromatic carbocycles. The highest BCUT2D eigenvalue weighted by Gasteiger charge is 2.23. The van der Waals surface area contributed by atoms with Crippen molar-refractivity contribution < 1.29 is 24.2 Å². The molecular weight excluding hydrogens is 312 g/mol. The van der Waals surface area contributed by atoms with Gasteiger partial charge in [-0.2, -0.15) is 0 Å². The van der Waals surface area contributed by atoms with Crippen LogP contribution in [0.3, 0.4) is 0 Å². The Labute approximate surface area is 142 Å². The summed E-state index contributed by atoms with van der Waals surface area (Å²) in [7, 11) is 0. The molecule has 3 N–H and O–H groups in total. The van der Waals surface area contributed by atoms with Crippen molar-refractivity contribution in [1.82, 2.24) is 10.6 Å². The minimum atomic E-state index is -1.07. The van der Waals surface area contributed by atoms with Crippen LogP contribution in [0.1, 0.15) is 19.4 Å². The molecule has 7 heteroatoms. The Morgan fingerprint density at radius 1 is 1.25 bits per heavy atom. The van der Waals surface area contributed by atoms with Crippen molar-refractivity contribution in [1.29, 1.82) is 0 Å². The third kappa shape index (κ3) is 8.50. The Morgan fingerprint density at radius 2 is 1.88 bits per heavy atom. The van der Waals surface area contributed by atoms with Gasteiger partial charge in [0.1, 0.15) is 12.6 Å². The van der Waals surface area contributed by atoms with E-state index in [4.69, 9.17) is 14.6 Å². The number of carboxylic acids is 1. The minimum Gasteiger partial charge on any atom is -0.480 e. The summed E-state index contributed by atoms with van der Waals surface area (Å²) in [6, 6.07) is 8.25. The third-order valence-corrected chi connectivity index (χ3v) is 3.27. The summed E-state index contributed by atoms with van der Waals surface area (Å²) in [4.78, 5) is 22.3. The van der Waals surface area contributed by atoms with Crippen LogP contribution in [0.25, 0.3) is 0 Å². The fourth-order valence-corrected chi connectivity index (χ4v) is 1.92. The topological polar surface area (TPSA) is 96.9 Å². The molecule has 0 aliphatic carbocycles. The fraction of sp³-hybridized carbons (Fsp3) is 0.529. The van der Waals surface area contributed by atoms with E-state index >= 15 is 0 Å². The second-order valence-corrected chi connectivity index (χ2v) is 5.63. The van der Waals surface area contributed by atoms with E-state index in [0.717, 1.165) is 31.9 Å². The van der Waals surface area contributed by atoms with E-state index in [9.17, 15) is 9.59 Å². The number of morpholine rings is 1. The Morgan fingerprint density at radius 3 is 2.29 bits per heavy atom. The normalized spacial score (nSPS) is 15.0. The zero-order chi connectivity index (χ0) is 17.8. The van der Waals surface area contributed by atoms with Gasteiger partial charge in [-0.15, -0.1) is 0 Å². The van der Waals surface area contributed by atoms with Gasteiger partial charge in [-0.05, 0) is 11.5 Å². The maximum absolute atomic E-state index is 11.4. The number of aliphatic carboxylic acids is 1. The molecule has 0 unspecified atom stereocenters. The van der Waals surface area contributed by atoms with Gasteiger partial charge in [0, 0.05) is 13.1 Å². The number of hydrogen-bond acceptors (Lipinski definition) is 5. The van der Waals surface area contributed by atoms with Gasteiger partial charge in [0.2, 0.25) is 0 Å². The molecule has 0 bridgehead atoms. The smallest absolute Gasteiger partial charge is 0.408 e. The average molecular weight is 338 g/mol. The van der Waals surface area contributed by atoms with Gasteiger partial charge < -0.3 is 25.2 Å². The molecule has 1 heterocycles. The lowest BCUT2D eigenvalue weighted by Crippen LogP contribution is -2.44. The Balaban J connectivity index is 0.000000400. The summed E-state index contributed by atoms with van der Waals surface area (Å²) in [5, 5.41) is 14.4. The van der Waals surface area contributed by atoms with E-state index in [1.54, 1.807) is 13.8 Å². The highest BCUT2D eigenvalue weighted by molar-refractivity contribution is 5.80. The van der Waals surface area contributed by atoms with Gasteiger partial charge in [-0.25, -0.2) is 9.59 Å². The molecule has 1 fully saturated rings. The van der Waals surface area contributed by atoms with Gasteiger partial charge in [0.05, 0.1) is 13.2 Å². The molecule has 1 amide bonds. The van der Waals surface area contributed by atoms with Crippen molar-refractivity contribution in [2.24, 2.45) is 5.92 Å². The van der Waals surface area contributed by atoms with Crippen LogP contribution in [0.4, 0.5) is 4.79 Å². The highest BCUT2D eigenvalue weighted by Crippen LogP contribution is 2.04. The number of rotatable bonds is 5. The highest BCUT2D eigenvalue weighted by atomic mass is 16.5. The standard InChI is InChI=1S/C13H17NO4.C4H9NO/c1-9(2)11(12(15)16)14-13(17)18-8-10-6-4-3-5-7-10;1-3-6-4-2-5-1/h3-7,9,11H,8H2,1-2H3,(H,14,17)(H,15,16);5H,1-4H2/t11-;/m0./s1. The number of benzene rings is 1. The lowest BCUT2D eigenvalue weighted by atomic mass is 10.1.